The molecule has 0 radical (unpaired) electrons. The first-order valence-corrected chi connectivity index (χ1v) is 9.17. The zero-order chi connectivity index (χ0) is 18.0. The number of carbonyl (C=O) groups is 1. The number of aryl methyl sites for hydroxylation is 1. The van der Waals surface area contributed by atoms with Crippen LogP contribution in [0.3, 0.4) is 0 Å². The van der Waals surface area contributed by atoms with Crippen molar-refractivity contribution < 1.29 is 9.53 Å². The van der Waals surface area contributed by atoms with Gasteiger partial charge in [0.05, 0.1) is 11.8 Å². The molecule has 2 aliphatic rings. The Morgan fingerprint density at radius 2 is 2.27 bits per heavy atom. The van der Waals surface area contributed by atoms with Crippen molar-refractivity contribution in [3.63, 3.8) is 0 Å². The number of hydrogen-bond acceptors (Lipinski definition) is 5. The molecule has 1 amide bonds. The SMILES string of the molecule is Cn1cc(CN2CC[C@]3(C[C@@H](NC(=O)c4ccncc4)CCO3)C2)cn1. The number of nitrogens with one attached hydrogen (secondary N) is 1. The molecule has 0 aromatic carbocycles. The average molecular weight is 355 g/mol. The normalized spacial score (nSPS) is 26.3. The molecule has 7 nitrogen and oxygen atoms in total. The van der Waals surface area contributed by atoms with Crippen molar-refractivity contribution in [2.75, 3.05) is 19.7 Å². The molecule has 138 valence electrons. The molecule has 7 heteroatoms. The van der Waals surface area contributed by atoms with Gasteiger partial charge in [-0.05, 0) is 31.4 Å². The standard InChI is InChI=1S/C19H25N5O2/c1-23-12-15(11-21-23)13-24-8-5-19(14-24)10-17(4-9-26-19)22-18(25)16-2-6-20-7-3-16/h2-3,6-7,11-12,17H,4-5,8-10,13-14H2,1H3,(H,22,25)/t17-,19-/m0/s1. The molecule has 26 heavy (non-hydrogen) atoms. The smallest absolute Gasteiger partial charge is 0.251 e. The number of likely N-dealkylation sites (tertiary alicyclic amines) is 1. The Morgan fingerprint density at radius 3 is 3.04 bits per heavy atom. The first-order valence-electron chi connectivity index (χ1n) is 9.17. The highest BCUT2D eigenvalue weighted by molar-refractivity contribution is 5.94. The summed E-state index contributed by atoms with van der Waals surface area (Å²) in [5.41, 5.74) is 1.74. The Labute approximate surface area is 153 Å². The zero-order valence-corrected chi connectivity index (χ0v) is 15.1. The van der Waals surface area contributed by atoms with Crippen LogP contribution in [0.1, 0.15) is 35.2 Å². The minimum atomic E-state index is -0.142. The van der Waals surface area contributed by atoms with E-state index in [1.165, 1.54) is 5.56 Å². The van der Waals surface area contributed by atoms with Crippen LogP contribution in [0.4, 0.5) is 0 Å². The van der Waals surface area contributed by atoms with Gasteiger partial charge in [0, 0.05) is 69.0 Å². The number of aromatic nitrogens is 3. The van der Waals surface area contributed by atoms with Crippen LogP contribution in [0.5, 0.6) is 0 Å². The molecule has 2 aromatic rings. The first kappa shape index (κ1) is 17.2. The van der Waals surface area contributed by atoms with E-state index in [0.717, 1.165) is 38.9 Å². The van der Waals surface area contributed by atoms with Gasteiger partial charge in [0.2, 0.25) is 0 Å². The highest BCUT2D eigenvalue weighted by atomic mass is 16.5. The Hall–Kier alpha value is -2.25. The number of amides is 1. The van der Waals surface area contributed by atoms with Gasteiger partial charge in [0.25, 0.3) is 5.91 Å². The first-order chi connectivity index (χ1) is 12.6. The maximum absolute atomic E-state index is 12.4. The summed E-state index contributed by atoms with van der Waals surface area (Å²) in [6.07, 6.45) is 10.0. The van der Waals surface area contributed by atoms with Crippen LogP contribution in [0.25, 0.3) is 0 Å². The highest BCUT2D eigenvalue weighted by Gasteiger charge is 2.43. The Bertz CT molecular complexity index is 762. The minimum absolute atomic E-state index is 0.0281. The third-order valence-electron chi connectivity index (χ3n) is 5.33. The summed E-state index contributed by atoms with van der Waals surface area (Å²) >= 11 is 0. The summed E-state index contributed by atoms with van der Waals surface area (Å²) in [6, 6.07) is 3.65. The maximum atomic E-state index is 12.4. The third-order valence-corrected chi connectivity index (χ3v) is 5.33. The average Bonchev–Trinajstić information content (AvgIpc) is 3.22. The molecule has 0 aliphatic carbocycles. The van der Waals surface area contributed by atoms with E-state index >= 15 is 0 Å². The lowest BCUT2D eigenvalue weighted by molar-refractivity contribution is -0.0793. The van der Waals surface area contributed by atoms with Gasteiger partial charge in [-0.25, -0.2) is 0 Å². The number of ether oxygens (including phenoxy) is 1. The molecule has 1 spiro atoms. The molecule has 1 N–H and O–H groups in total. The number of rotatable bonds is 4. The number of pyridine rings is 1. The monoisotopic (exact) mass is 355 g/mol. The molecule has 2 aliphatic heterocycles. The summed E-state index contributed by atoms with van der Waals surface area (Å²) < 4.78 is 8.03. The molecule has 0 saturated carbocycles. The van der Waals surface area contributed by atoms with Crippen molar-refractivity contribution >= 4 is 5.91 Å². The molecule has 2 aromatic heterocycles. The van der Waals surface area contributed by atoms with Crippen LogP contribution >= 0.6 is 0 Å². The van der Waals surface area contributed by atoms with Crippen LogP contribution in [-0.4, -0.2) is 56.9 Å². The lowest BCUT2D eigenvalue weighted by atomic mass is 9.89. The predicted molar refractivity (Wildman–Crippen MR) is 96.5 cm³/mol. The summed E-state index contributed by atoms with van der Waals surface area (Å²) in [4.78, 5) is 18.8. The third kappa shape index (κ3) is 3.78. The van der Waals surface area contributed by atoms with Crippen LogP contribution in [0.15, 0.2) is 36.9 Å². The van der Waals surface area contributed by atoms with E-state index in [1.54, 1.807) is 24.5 Å². The van der Waals surface area contributed by atoms with Crippen molar-refractivity contribution in [2.24, 2.45) is 7.05 Å². The van der Waals surface area contributed by atoms with E-state index in [2.05, 4.69) is 26.5 Å². The van der Waals surface area contributed by atoms with Crippen molar-refractivity contribution in [1.82, 2.24) is 25.0 Å². The maximum Gasteiger partial charge on any atom is 0.251 e. The van der Waals surface area contributed by atoms with Crippen LogP contribution in [-0.2, 0) is 18.3 Å². The number of nitrogens with zero attached hydrogens (tertiary/aromatic N) is 4. The second-order valence-corrected chi connectivity index (χ2v) is 7.41. The quantitative estimate of drug-likeness (QED) is 0.897. The molecule has 2 atom stereocenters. The molecular weight excluding hydrogens is 330 g/mol. The molecule has 4 rings (SSSR count). The second kappa shape index (κ2) is 7.17. The highest BCUT2D eigenvalue weighted by Crippen LogP contribution is 2.35. The molecule has 4 heterocycles. The summed E-state index contributed by atoms with van der Waals surface area (Å²) in [5, 5.41) is 7.42. The van der Waals surface area contributed by atoms with Gasteiger partial charge in [-0.3, -0.25) is 19.4 Å². The fraction of sp³-hybridized carbons (Fsp3) is 0.526. The fourth-order valence-corrected chi connectivity index (χ4v) is 4.08. The van der Waals surface area contributed by atoms with Gasteiger partial charge in [0.15, 0.2) is 0 Å². The van der Waals surface area contributed by atoms with Crippen LogP contribution in [0.2, 0.25) is 0 Å². The van der Waals surface area contributed by atoms with Crippen molar-refractivity contribution in [2.45, 2.75) is 37.5 Å². The van der Waals surface area contributed by atoms with E-state index < -0.39 is 0 Å². The predicted octanol–water partition coefficient (Wildman–Crippen LogP) is 1.37. The van der Waals surface area contributed by atoms with Gasteiger partial charge in [-0.1, -0.05) is 0 Å². The fourth-order valence-electron chi connectivity index (χ4n) is 4.08. The molecule has 2 fully saturated rings. The summed E-state index contributed by atoms with van der Waals surface area (Å²) in [5.74, 6) is -0.0281. The van der Waals surface area contributed by atoms with E-state index in [0.29, 0.717) is 12.2 Å². The zero-order valence-electron chi connectivity index (χ0n) is 15.1. The molecule has 2 saturated heterocycles. The van der Waals surface area contributed by atoms with Gasteiger partial charge in [0.1, 0.15) is 0 Å². The van der Waals surface area contributed by atoms with E-state index in [1.807, 2.05) is 17.9 Å². The molecule has 0 bridgehead atoms. The van der Waals surface area contributed by atoms with Gasteiger partial charge in [-0.2, -0.15) is 5.10 Å². The van der Waals surface area contributed by atoms with Crippen LogP contribution < -0.4 is 5.32 Å². The Balaban J connectivity index is 1.35. The van der Waals surface area contributed by atoms with Gasteiger partial charge in [-0.15, -0.1) is 0 Å². The second-order valence-electron chi connectivity index (χ2n) is 7.41. The van der Waals surface area contributed by atoms with E-state index in [4.69, 9.17) is 4.74 Å². The molecule has 0 unspecified atom stereocenters. The number of carbonyl (C=O) groups excluding carboxylic acids is 1. The lowest BCUT2D eigenvalue weighted by Gasteiger charge is -2.38. The Kier molecular flexibility index (Phi) is 4.74. The topological polar surface area (TPSA) is 72.3 Å². The lowest BCUT2D eigenvalue weighted by Crippen LogP contribution is -2.49. The Morgan fingerprint density at radius 1 is 1.42 bits per heavy atom. The number of hydrogen-bond donors (Lipinski definition) is 1. The van der Waals surface area contributed by atoms with E-state index in [-0.39, 0.29) is 17.6 Å². The minimum Gasteiger partial charge on any atom is -0.373 e. The largest absolute Gasteiger partial charge is 0.373 e. The summed E-state index contributed by atoms with van der Waals surface area (Å²) in [7, 11) is 1.94. The van der Waals surface area contributed by atoms with Gasteiger partial charge < -0.3 is 10.1 Å². The van der Waals surface area contributed by atoms with Crippen LogP contribution in [0, 0.1) is 0 Å². The van der Waals surface area contributed by atoms with Gasteiger partial charge >= 0.3 is 0 Å². The van der Waals surface area contributed by atoms with Crippen molar-refractivity contribution in [3.8, 4) is 0 Å². The van der Waals surface area contributed by atoms with E-state index in [9.17, 15) is 4.79 Å². The van der Waals surface area contributed by atoms with Crippen molar-refractivity contribution in [1.29, 1.82) is 0 Å². The summed E-state index contributed by atoms with van der Waals surface area (Å²) in [6.45, 7) is 3.51. The molecular formula is C19H25N5O2. The van der Waals surface area contributed by atoms with Crippen molar-refractivity contribution in [3.05, 3.63) is 48.0 Å².